The van der Waals surface area contributed by atoms with Crippen LogP contribution in [0.1, 0.15) is 31.7 Å². The Morgan fingerprint density at radius 1 is 1.40 bits per heavy atom. The minimum absolute atomic E-state index is 0.0336. The van der Waals surface area contributed by atoms with E-state index in [4.69, 9.17) is 11.6 Å². The highest BCUT2D eigenvalue weighted by Crippen LogP contribution is 2.35. The van der Waals surface area contributed by atoms with Crippen molar-refractivity contribution in [3.63, 3.8) is 0 Å². The van der Waals surface area contributed by atoms with Crippen LogP contribution in [0.4, 0.5) is 5.82 Å². The number of nitrogens with zero attached hydrogens (tertiary/aromatic N) is 3. The second-order valence-corrected chi connectivity index (χ2v) is 5.89. The molecule has 0 spiro atoms. The lowest BCUT2D eigenvalue weighted by Gasteiger charge is -2.40. The quantitative estimate of drug-likeness (QED) is 0.883. The highest BCUT2D eigenvalue weighted by Gasteiger charge is 2.27. The average Bonchev–Trinajstić information content (AvgIpc) is 2.44. The first-order valence-corrected chi connectivity index (χ1v) is 7.31. The highest BCUT2D eigenvalue weighted by molar-refractivity contribution is 6.30. The highest BCUT2D eigenvalue weighted by atomic mass is 35.5. The van der Waals surface area contributed by atoms with Crippen LogP contribution >= 0.6 is 11.6 Å². The molecular formula is C15H18ClN3O. The standard InChI is InChI=1S/C15H18ClN3O/c1-9(8-20)12-6-18-15(19-4-3-10(19)2)13-7-17-14(16)5-11(12)13/h5-7,9-10,20H,3-4,8H2,1-2H3/t9-,10+/m0/s1. The Morgan fingerprint density at radius 2 is 2.20 bits per heavy atom. The fraction of sp³-hybridized carbons (Fsp3) is 0.467. The summed E-state index contributed by atoms with van der Waals surface area (Å²) >= 11 is 6.04. The van der Waals surface area contributed by atoms with Crippen LogP contribution in [-0.4, -0.2) is 34.3 Å². The number of aliphatic hydroxyl groups is 1. The summed E-state index contributed by atoms with van der Waals surface area (Å²) in [6.45, 7) is 5.30. The number of halogens is 1. The van der Waals surface area contributed by atoms with Crippen LogP contribution in [-0.2, 0) is 0 Å². The Labute approximate surface area is 123 Å². The van der Waals surface area contributed by atoms with Crippen molar-refractivity contribution in [2.75, 3.05) is 18.1 Å². The number of aromatic nitrogens is 2. The van der Waals surface area contributed by atoms with E-state index in [2.05, 4.69) is 21.8 Å². The third-order valence-corrected chi connectivity index (χ3v) is 4.35. The van der Waals surface area contributed by atoms with Crippen molar-refractivity contribution < 1.29 is 5.11 Å². The molecule has 1 aliphatic rings. The molecule has 1 aliphatic heterocycles. The van der Waals surface area contributed by atoms with E-state index in [9.17, 15) is 5.11 Å². The van der Waals surface area contributed by atoms with Crippen LogP contribution < -0.4 is 4.90 Å². The van der Waals surface area contributed by atoms with Gasteiger partial charge in [-0.2, -0.15) is 0 Å². The SMILES string of the molecule is C[C@@H]1CCN1c1ncc([C@@H](C)CO)c2cc(Cl)ncc12. The van der Waals surface area contributed by atoms with Crippen LogP contribution in [0.3, 0.4) is 0 Å². The van der Waals surface area contributed by atoms with Gasteiger partial charge in [0.25, 0.3) is 0 Å². The monoisotopic (exact) mass is 291 g/mol. The van der Waals surface area contributed by atoms with E-state index in [-0.39, 0.29) is 12.5 Å². The Kier molecular flexibility index (Phi) is 3.52. The Balaban J connectivity index is 2.20. The molecule has 1 saturated heterocycles. The summed E-state index contributed by atoms with van der Waals surface area (Å²) in [5.74, 6) is 1.00. The van der Waals surface area contributed by atoms with Gasteiger partial charge in [-0.3, -0.25) is 0 Å². The topological polar surface area (TPSA) is 49.2 Å². The van der Waals surface area contributed by atoms with E-state index in [1.807, 2.05) is 19.2 Å². The molecule has 106 valence electrons. The van der Waals surface area contributed by atoms with Crippen LogP contribution in [0.25, 0.3) is 10.8 Å². The van der Waals surface area contributed by atoms with Gasteiger partial charge in [-0.05, 0) is 30.4 Å². The molecule has 3 heterocycles. The molecule has 2 atom stereocenters. The lowest BCUT2D eigenvalue weighted by atomic mass is 9.97. The first-order chi connectivity index (χ1) is 9.61. The van der Waals surface area contributed by atoms with Gasteiger partial charge >= 0.3 is 0 Å². The predicted molar refractivity (Wildman–Crippen MR) is 81.5 cm³/mol. The summed E-state index contributed by atoms with van der Waals surface area (Å²) in [6.07, 6.45) is 4.84. The molecule has 2 aromatic rings. The van der Waals surface area contributed by atoms with Crippen molar-refractivity contribution in [1.29, 1.82) is 0 Å². The van der Waals surface area contributed by atoms with Crippen molar-refractivity contribution in [2.45, 2.75) is 32.2 Å². The van der Waals surface area contributed by atoms with E-state index in [1.54, 1.807) is 6.20 Å². The summed E-state index contributed by atoms with van der Waals surface area (Å²) in [7, 11) is 0. The smallest absolute Gasteiger partial charge is 0.138 e. The molecule has 1 N–H and O–H groups in total. The van der Waals surface area contributed by atoms with E-state index in [0.29, 0.717) is 11.2 Å². The normalized spacial score (nSPS) is 20.0. The zero-order chi connectivity index (χ0) is 14.3. The molecule has 0 aliphatic carbocycles. The minimum atomic E-state index is 0.0336. The third kappa shape index (κ3) is 2.13. The number of hydrogen-bond acceptors (Lipinski definition) is 4. The molecule has 0 amide bonds. The third-order valence-electron chi connectivity index (χ3n) is 4.15. The summed E-state index contributed by atoms with van der Waals surface area (Å²) in [4.78, 5) is 11.1. The van der Waals surface area contributed by atoms with Gasteiger partial charge < -0.3 is 10.0 Å². The molecule has 3 rings (SSSR count). The zero-order valence-corrected chi connectivity index (χ0v) is 12.4. The molecule has 2 aromatic heterocycles. The van der Waals surface area contributed by atoms with Gasteiger partial charge in [0.05, 0.1) is 0 Å². The van der Waals surface area contributed by atoms with E-state index in [1.165, 1.54) is 6.42 Å². The average molecular weight is 292 g/mol. The molecular weight excluding hydrogens is 274 g/mol. The molecule has 1 fully saturated rings. The van der Waals surface area contributed by atoms with E-state index in [0.717, 1.165) is 28.7 Å². The van der Waals surface area contributed by atoms with Gasteiger partial charge in [-0.25, -0.2) is 9.97 Å². The maximum atomic E-state index is 9.41. The van der Waals surface area contributed by atoms with Gasteiger partial charge in [-0.1, -0.05) is 18.5 Å². The Bertz CT molecular complexity index is 646. The number of hydrogen-bond donors (Lipinski definition) is 1. The Hall–Kier alpha value is -1.39. The van der Waals surface area contributed by atoms with Gasteiger partial charge in [0, 0.05) is 42.9 Å². The molecule has 0 saturated carbocycles. The second kappa shape index (κ2) is 5.19. The van der Waals surface area contributed by atoms with Crippen molar-refractivity contribution in [3.05, 3.63) is 29.2 Å². The van der Waals surface area contributed by atoms with Gasteiger partial charge in [0.2, 0.25) is 0 Å². The van der Waals surface area contributed by atoms with Crippen molar-refractivity contribution in [2.24, 2.45) is 0 Å². The number of aliphatic hydroxyl groups excluding tert-OH is 1. The van der Waals surface area contributed by atoms with Crippen LogP contribution in [0.5, 0.6) is 0 Å². The number of pyridine rings is 2. The molecule has 0 aromatic carbocycles. The lowest BCUT2D eigenvalue weighted by molar-refractivity contribution is 0.273. The summed E-state index contributed by atoms with van der Waals surface area (Å²) in [5.41, 5.74) is 1.02. The Morgan fingerprint density at radius 3 is 2.80 bits per heavy atom. The molecule has 0 radical (unpaired) electrons. The number of anilines is 1. The van der Waals surface area contributed by atoms with Crippen LogP contribution in [0, 0.1) is 0 Å². The number of rotatable bonds is 3. The van der Waals surface area contributed by atoms with E-state index < -0.39 is 0 Å². The second-order valence-electron chi connectivity index (χ2n) is 5.50. The fourth-order valence-corrected chi connectivity index (χ4v) is 2.83. The maximum Gasteiger partial charge on any atom is 0.138 e. The lowest BCUT2D eigenvalue weighted by Crippen LogP contribution is -2.46. The molecule has 0 unspecified atom stereocenters. The van der Waals surface area contributed by atoms with Gasteiger partial charge in [0.15, 0.2) is 0 Å². The molecule has 20 heavy (non-hydrogen) atoms. The van der Waals surface area contributed by atoms with Crippen LogP contribution in [0.2, 0.25) is 5.15 Å². The van der Waals surface area contributed by atoms with E-state index >= 15 is 0 Å². The molecule has 5 heteroatoms. The van der Waals surface area contributed by atoms with Crippen molar-refractivity contribution >= 4 is 28.2 Å². The van der Waals surface area contributed by atoms with Crippen molar-refractivity contribution in [3.8, 4) is 0 Å². The summed E-state index contributed by atoms with van der Waals surface area (Å²) < 4.78 is 0. The fourth-order valence-electron chi connectivity index (χ4n) is 2.67. The first kappa shape index (κ1) is 13.6. The zero-order valence-electron chi connectivity index (χ0n) is 11.7. The van der Waals surface area contributed by atoms with Crippen LogP contribution in [0.15, 0.2) is 18.5 Å². The largest absolute Gasteiger partial charge is 0.396 e. The van der Waals surface area contributed by atoms with Gasteiger partial charge in [0.1, 0.15) is 11.0 Å². The molecule has 0 bridgehead atoms. The van der Waals surface area contributed by atoms with Gasteiger partial charge in [-0.15, -0.1) is 0 Å². The molecule has 4 nitrogen and oxygen atoms in total. The summed E-state index contributed by atoms with van der Waals surface area (Å²) in [5, 5.41) is 11.9. The maximum absolute atomic E-state index is 9.41. The summed E-state index contributed by atoms with van der Waals surface area (Å²) in [6, 6.07) is 2.39. The predicted octanol–water partition coefficient (Wildman–Crippen LogP) is 2.98. The minimum Gasteiger partial charge on any atom is -0.396 e. The first-order valence-electron chi connectivity index (χ1n) is 6.93. The number of fused-ring (bicyclic) bond motifs is 1. The van der Waals surface area contributed by atoms with Crippen molar-refractivity contribution in [1.82, 2.24) is 9.97 Å².